The molecule has 1 unspecified atom stereocenters. The maximum Gasteiger partial charge on any atom is 0.246 e. The topological polar surface area (TPSA) is 91.8 Å². The number of anilines is 1. The minimum Gasteiger partial charge on any atom is -0.363 e. The molecule has 3 aliphatic rings. The molecule has 3 aliphatic heterocycles. The molecule has 1 aromatic rings. The van der Waals surface area contributed by atoms with Crippen molar-refractivity contribution in [2.45, 2.75) is 24.9 Å². The average Bonchev–Trinajstić information content (AvgIpc) is 3.27. The molecule has 4 rings (SSSR count). The van der Waals surface area contributed by atoms with Gasteiger partial charge in [-0.15, -0.1) is 11.3 Å². The number of nitrogens with one attached hydrogen (secondary N) is 1. The molecule has 3 saturated heterocycles. The second-order valence-electron chi connectivity index (χ2n) is 6.79. The summed E-state index contributed by atoms with van der Waals surface area (Å²) in [4.78, 5) is 43.9. The Hall–Kier alpha value is -2.00. The van der Waals surface area contributed by atoms with E-state index in [1.54, 1.807) is 11.1 Å². The molecule has 0 radical (unpaired) electrons. The number of ether oxygens (including phenoxy) is 1. The molecule has 0 aliphatic carbocycles. The molecule has 8 nitrogen and oxygen atoms in total. The normalized spacial score (nSPS) is 26.2. The van der Waals surface area contributed by atoms with Gasteiger partial charge >= 0.3 is 0 Å². The molecular weight excluding hydrogens is 344 g/mol. The van der Waals surface area contributed by atoms with Gasteiger partial charge < -0.3 is 15.0 Å². The SMILES string of the molecule is O=C1COC2(CCN(C(=O)C3CC(=O)N(c4nccs4)C3)CC2)CN1. The van der Waals surface area contributed by atoms with Crippen LogP contribution in [-0.2, 0) is 19.1 Å². The number of aromatic nitrogens is 1. The number of nitrogens with zero attached hydrogens (tertiary/aromatic N) is 3. The minimum atomic E-state index is -0.344. The zero-order valence-electron chi connectivity index (χ0n) is 13.8. The summed E-state index contributed by atoms with van der Waals surface area (Å²) < 4.78 is 5.74. The van der Waals surface area contributed by atoms with E-state index in [9.17, 15) is 14.4 Å². The number of piperidine rings is 1. The number of rotatable bonds is 2. The summed E-state index contributed by atoms with van der Waals surface area (Å²) in [6.07, 6.45) is 3.31. The van der Waals surface area contributed by atoms with Crippen LogP contribution in [0.2, 0.25) is 0 Å². The Balaban J connectivity index is 1.35. The van der Waals surface area contributed by atoms with Gasteiger partial charge in [0.1, 0.15) is 6.61 Å². The summed E-state index contributed by atoms with van der Waals surface area (Å²) in [5.41, 5.74) is -0.344. The predicted molar refractivity (Wildman–Crippen MR) is 90.1 cm³/mol. The average molecular weight is 364 g/mol. The van der Waals surface area contributed by atoms with Crippen molar-refractivity contribution in [3.63, 3.8) is 0 Å². The lowest BCUT2D eigenvalue weighted by Gasteiger charge is -2.44. The molecular formula is C16H20N4O4S. The molecule has 1 spiro atoms. The highest BCUT2D eigenvalue weighted by Gasteiger charge is 2.43. The lowest BCUT2D eigenvalue weighted by molar-refractivity contribution is -0.155. The van der Waals surface area contributed by atoms with E-state index in [-0.39, 0.29) is 42.3 Å². The van der Waals surface area contributed by atoms with Crippen LogP contribution in [-0.4, -0.2) is 66.0 Å². The fraction of sp³-hybridized carbons (Fsp3) is 0.625. The summed E-state index contributed by atoms with van der Waals surface area (Å²) >= 11 is 1.41. The van der Waals surface area contributed by atoms with Gasteiger partial charge in [0.05, 0.1) is 11.5 Å². The van der Waals surface area contributed by atoms with Crippen LogP contribution in [0.5, 0.6) is 0 Å². The van der Waals surface area contributed by atoms with Gasteiger partial charge in [-0.2, -0.15) is 0 Å². The van der Waals surface area contributed by atoms with Crippen molar-refractivity contribution in [1.29, 1.82) is 0 Å². The van der Waals surface area contributed by atoms with Crippen LogP contribution in [0, 0.1) is 5.92 Å². The molecule has 9 heteroatoms. The maximum absolute atomic E-state index is 12.8. The molecule has 3 fully saturated rings. The van der Waals surface area contributed by atoms with Gasteiger partial charge in [-0.05, 0) is 12.8 Å². The summed E-state index contributed by atoms with van der Waals surface area (Å²) in [7, 11) is 0. The summed E-state index contributed by atoms with van der Waals surface area (Å²) in [5, 5.41) is 5.33. The van der Waals surface area contributed by atoms with Crippen LogP contribution in [0.15, 0.2) is 11.6 Å². The first-order valence-electron chi connectivity index (χ1n) is 8.46. The van der Waals surface area contributed by atoms with Gasteiger partial charge in [0, 0.05) is 44.2 Å². The van der Waals surface area contributed by atoms with Crippen molar-refractivity contribution in [2.24, 2.45) is 5.92 Å². The number of thiazole rings is 1. The third-order valence-corrected chi connectivity index (χ3v) is 6.02. The van der Waals surface area contributed by atoms with Gasteiger partial charge in [0.15, 0.2) is 5.13 Å². The highest BCUT2D eigenvalue weighted by atomic mass is 32.1. The van der Waals surface area contributed by atoms with Crippen LogP contribution in [0.25, 0.3) is 0 Å². The minimum absolute atomic E-state index is 0.0297. The summed E-state index contributed by atoms with van der Waals surface area (Å²) in [6.45, 7) is 2.19. The van der Waals surface area contributed by atoms with Crippen molar-refractivity contribution >= 4 is 34.2 Å². The zero-order valence-corrected chi connectivity index (χ0v) is 14.6. The van der Waals surface area contributed by atoms with Gasteiger partial charge in [0.2, 0.25) is 17.7 Å². The Morgan fingerprint density at radius 1 is 1.36 bits per heavy atom. The Morgan fingerprint density at radius 3 is 2.80 bits per heavy atom. The first-order chi connectivity index (χ1) is 12.1. The molecule has 25 heavy (non-hydrogen) atoms. The van der Waals surface area contributed by atoms with Crippen molar-refractivity contribution in [3.05, 3.63) is 11.6 Å². The second-order valence-corrected chi connectivity index (χ2v) is 7.67. The van der Waals surface area contributed by atoms with Crippen molar-refractivity contribution in [3.8, 4) is 0 Å². The van der Waals surface area contributed by atoms with Crippen LogP contribution < -0.4 is 10.2 Å². The molecule has 1 atom stereocenters. The van der Waals surface area contributed by atoms with Crippen molar-refractivity contribution in [2.75, 3.05) is 37.7 Å². The summed E-state index contributed by atoms with van der Waals surface area (Å²) in [5.74, 6) is -0.407. The maximum atomic E-state index is 12.8. The molecule has 134 valence electrons. The zero-order chi connectivity index (χ0) is 17.4. The van der Waals surface area contributed by atoms with Gasteiger partial charge in [0.25, 0.3) is 0 Å². The molecule has 1 N–H and O–H groups in total. The highest BCUT2D eigenvalue weighted by molar-refractivity contribution is 7.13. The third-order valence-electron chi connectivity index (χ3n) is 5.23. The number of hydrogen-bond donors (Lipinski definition) is 1. The van der Waals surface area contributed by atoms with E-state index >= 15 is 0 Å². The van der Waals surface area contributed by atoms with Crippen molar-refractivity contribution in [1.82, 2.24) is 15.2 Å². The predicted octanol–water partition coefficient (Wildman–Crippen LogP) is 0.00360. The molecule has 3 amide bonds. The molecule has 0 bridgehead atoms. The summed E-state index contributed by atoms with van der Waals surface area (Å²) in [6, 6.07) is 0. The quantitative estimate of drug-likeness (QED) is 0.798. The van der Waals surface area contributed by atoms with Crippen LogP contribution in [0.4, 0.5) is 5.13 Å². The Labute approximate surface area is 149 Å². The van der Waals surface area contributed by atoms with Crippen LogP contribution >= 0.6 is 11.3 Å². The first kappa shape index (κ1) is 16.5. The molecule has 1 aromatic heterocycles. The molecule has 0 saturated carbocycles. The number of likely N-dealkylation sites (tertiary alicyclic amines) is 1. The Bertz CT molecular complexity index is 672. The smallest absolute Gasteiger partial charge is 0.246 e. The fourth-order valence-corrected chi connectivity index (χ4v) is 4.37. The van der Waals surface area contributed by atoms with E-state index in [1.165, 1.54) is 11.3 Å². The number of carbonyl (C=O) groups excluding carboxylic acids is 3. The number of carbonyl (C=O) groups is 3. The fourth-order valence-electron chi connectivity index (χ4n) is 3.70. The number of amides is 3. The van der Waals surface area contributed by atoms with Gasteiger partial charge in [-0.1, -0.05) is 0 Å². The Morgan fingerprint density at radius 2 is 2.16 bits per heavy atom. The second kappa shape index (κ2) is 6.38. The largest absolute Gasteiger partial charge is 0.363 e. The van der Waals surface area contributed by atoms with Crippen molar-refractivity contribution < 1.29 is 19.1 Å². The van der Waals surface area contributed by atoms with E-state index in [0.29, 0.717) is 44.2 Å². The van der Waals surface area contributed by atoms with E-state index in [2.05, 4.69) is 10.3 Å². The lowest BCUT2D eigenvalue weighted by Crippen LogP contribution is -2.58. The lowest BCUT2D eigenvalue weighted by atomic mass is 9.89. The highest BCUT2D eigenvalue weighted by Crippen LogP contribution is 2.31. The van der Waals surface area contributed by atoms with Crippen LogP contribution in [0.1, 0.15) is 19.3 Å². The van der Waals surface area contributed by atoms with Crippen LogP contribution in [0.3, 0.4) is 0 Å². The standard InChI is InChI=1S/C16H20N4O4S/c21-12-9-24-16(10-18-12)1-4-19(5-2-16)14(23)11-7-13(22)20(8-11)15-17-3-6-25-15/h3,6,11H,1-2,4-5,7-10H2,(H,18,21). The van der Waals surface area contributed by atoms with Gasteiger partial charge in [-0.3, -0.25) is 19.3 Å². The Kier molecular flexibility index (Phi) is 4.20. The number of hydrogen-bond acceptors (Lipinski definition) is 6. The van der Waals surface area contributed by atoms with Gasteiger partial charge in [-0.25, -0.2) is 4.98 Å². The van der Waals surface area contributed by atoms with E-state index < -0.39 is 0 Å². The first-order valence-corrected chi connectivity index (χ1v) is 9.34. The molecule has 4 heterocycles. The molecule has 0 aromatic carbocycles. The monoisotopic (exact) mass is 364 g/mol. The van der Waals surface area contributed by atoms with E-state index in [4.69, 9.17) is 4.74 Å². The van der Waals surface area contributed by atoms with E-state index in [1.807, 2.05) is 10.3 Å². The number of morpholine rings is 1. The van der Waals surface area contributed by atoms with E-state index in [0.717, 1.165) is 0 Å². The third kappa shape index (κ3) is 3.13.